The summed E-state index contributed by atoms with van der Waals surface area (Å²) in [6, 6.07) is 0. The van der Waals surface area contributed by atoms with Crippen molar-refractivity contribution in [1.82, 2.24) is 0 Å². The zero-order valence-corrected chi connectivity index (χ0v) is 7.50. The molecule has 0 heterocycles. The SMILES string of the molecule is CCS(=O)(=O)[C@H](CO)[C@H](C)O. The zero-order valence-electron chi connectivity index (χ0n) is 6.69. The molecule has 0 bridgehead atoms. The molecule has 0 saturated heterocycles. The van der Waals surface area contributed by atoms with Gasteiger partial charge in [-0.2, -0.15) is 0 Å². The topological polar surface area (TPSA) is 74.6 Å². The molecule has 0 aromatic carbocycles. The van der Waals surface area contributed by atoms with Gasteiger partial charge in [-0.15, -0.1) is 0 Å². The van der Waals surface area contributed by atoms with Crippen molar-refractivity contribution < 1.29 is 18.6 Å². The molecule has 68 valence electrons. The quantitative estimate of drug-likeness (QED) is 0.594. The van der Waals surface area contributed by atoms with E-state index in [0.717, 1.165) is 0 Å². The maximum Gasteiger partial charge on any atom is 0.157 e. The maximum atomic E-state index is 11.1. The van der Waals surface area contributed by atoms with E-state index >= 15 is 0 Å². The largest absolute Gasteiger partial charge is 0.395 e. The van der Waals surface area contributed by atoms with Crippen LogP contribution in [0.4, 0.5) is 0 Å². The monoisotopic (exact) mass is 182 g/mol. The van der Waals surface area contributed by atoms with E-state index in [1.54, 1.807) is 0 Å². The third-order valence-corrected chi connectivity index (χ3v) is 3.85. The Morgan fingerprint density at radius 2 is 1.91 bits per heavy atom. The molecule has 0 aliphatic heterocycles. The van der Waals surface area contributed by atoms with E-state index < -0.39 is 27.8 Å². The predicted octanol–water partition coefficient (Wildman–Crippen LogP) is -0.837. The van der Waals surface area contributed by atoms with Crippen molar-refractivity contribution in [3.8, 4) is 0 Å². The summed E-state index contributed by atoms with van der Waals surface area (Å²) < 4.78 is 22.1. The average molecular weight is 182 g/mol. The second-order valence-electron chi connectivity index (χ2n) is 2.41. The summed E-state index contributed by atoms with van der Waals surface area (Å²) >= 11 is 0. The first-order chi connectivity index (χ1) is 4.95. The predicted molar refractivity (Wildman–Crippen MR) is 42.0 cm³/mol. The van der Waals surface area contributed by atoms with Crippen LogP contribution in [-0.2, 0) is 9.84 Å². The third-order valence-electron chi connectivity index (χ3n) is 1.58. The molecule has 0 spiro atoms. The van der Waals surface area contributed by atoms with Crippen LogP contribution < -0.4 is 0 Å². The van der Waals surface area contributed by atoms with E-state index in [4.69, 9.17) is 10.2 Å². The molecule has 11 heavy (non-hydrogen) atoms. The summed E-state index contributed by atoms with van der Waals surface area (Å²) in [5.74, 6) is -0.0525. The maximum absolute atomic E-state index is 11.1. The van der Waals surface area contributed by atoms with Gasteiger partial charge in [0, 0.05) is 5.75 Å². The molecule has 0 amide bonds. The summed E-state index contributed by atoms with van der Waals surface area (Å²) in [5.41, 5.74) is 0. The Labute approximate surface area is 66.8 Å². The van der Waals surface area contributed by atoms with Crippen LogP contribution in [0.5, 0.6) is 0 Å². The highest BCUT2D eigenvalue weighted by Crippen LogP contribution is 2.06. The van der Waals surface area contributed by atoms with Crippen molar-refractivity contribution in [2.24, 2.45) is 0 Å². The summed E-state index contributed by atoms with van der Waals surface area (Å²) in [7, 11) is -3.31. The molecule has 2 N–H and O–H groups in total. The molecule has 0 aromatic rings. The normalized spacial score (nSPS) is 17.8. The Bertz CT molecular complexity index is 195. The molecule has 0 aromatic heterocycles. The molecule has 0 saturated carbocycles. The van der Waals surface area contributed by atoms with Gasteiger partial charge in [-0.1, -0.05) is 6.92 Å². The van der Waals surface area contributed by atoms with Crippen LogP contribution in [0.1, 0.15) is 13.8 Å². The van der Waals surface area contributed by atoms with Gasteiger partial charge < -0.3 is 10.2 Å². The molecule has 5 heteroatoms. The van der Waals surface area contributed by atoms with Gasteiger partial charge in [0.05, 0.1) is 12.7 Å². The molecular formula is C6H14O4S. The second kappa shape index (κ2) is 4.04. The minimum atomic E-state index is -3.31. The molecule has 0 fully saturated rings. The van der Waals surface area contributed by atoms with E-state index in [1.807, 2.05) is 0 Å². The fraction of sp³-hybridized carbons (Fsp3) is 1.00. The van der Waals surface area contributed by atoms with Crippen molar-refractivity contribution in [1.29, 1.82) is 0 Å². The number of hydrogen-bond acceptors (Lipinski definition) is 4. The molecule has 0 radical (unpaired) electrons. The van der Waals surface area contributed by atoms with Gasteiger partial charge in [0.25, 0.3) is 0 Å². The number of rotatable bonds is 4. The minimum Gasteiger partial charge on any atom is -0.395 e. The highest BCUT2D eigenvalue weighted by molar-refractivity contribution is 7.92. The van der Waals surface area contributed by atoms with Crippen LogP contribution >= 0.6 is 0 Å². The zero-order chi connectivity index (χ0) is 9.07. The standard InChI is InChI=1S/C6H14O4S/c1-3-11(9,10)6(4-7)5(2)8/h5-8H,3-4H2,1-2H3/t5-,6+/m0/s1. The van der Waals surface area contributed by atoms with Gasteiger partial charge in [0.15, 0.2) is 9.84 Å². The lowest BCUT2D eigenvalue weighted by Crippen LogP contribution is -2.36. The van der Waals surface area contributed by atoms with Crippen molar-refractivity contribution in [2.75, 3.05) is 12.4 Å². The molecule has 0 rings (SSSR count). The van der Waals surface area contributed by atoms with Crippen LogP contribution in [-0.4, -0.2) is 42.3 Å². The summed E-state index contributed by atoms with van der Waals surface area (Å²) in [5, 5.41) is 16.5. The Balaban J connectivity index is 4.51. The van der Waals surface area contributed by atoms with Crippen molar-refractivity contribution in [3.05, 3.63) is 0 Å². The fourth-order valence-corrected chi connectivity index (χ4v) is 2.04. The minimum absolute atomic E-state index is 0.0525. The van der Waals surface area contributed by atoms with Crippen molar-refractivity contribution in [2.45, 2.75) is 25.2 Å². The van der Waals surface area contributed by atoms with Gasteiger partial charge in [0.2, 0.25) is 0 Å². The van der Waals surface area contributed by atoms with E-state index in [0.29, 0.717) is 0 Å². The van der Waals surface area contributed by atoms with Crippen LogP contribution in [0.15, 0.2) is 0 Å². The lowest BCUT2D eigenvalue weighted by atomic mass is 10.3. The smallest absolute Gasteiger partial charge is 0.157 e. The third kappa shape index (κ3) is 2.76. The molecular weight excluding hydrogens is 168 g/mol. The van der Waals surface area contributed by atoms with E-state index in [9.17, 15) is 8.42 Å². The van der Waals surface area contributed by atoms with Gasteiger partial charge in [-0.3, -0.25) is 0 Å². The summed E-state index contributed by atoms with van der Waals surface area (Å²) in [6.07, 6.45) is -1.01. The van der Waals surface area contributed by atoms with Crippen LogP contribution in [0.25, 0.3) is 0 Å². The van der Waals surface area contributed by atoms with Crippen LogP contribution in [0, 0.1) is 0 Å². The van der Waals surface area contributed by atoms with E-state index in [2.05, 4.69) is 0 Å². The lowest BCUT2D eigenvalue weighted by Gasteiger charge is -2.16. The second-order valence-corrected chi connectivity index (χ2v) is 4.92. The fourth-order valence-electron chi connectivity index (χ4n) is 0.780. The first-order valence-electron chi connectivity index (χ1n) is 3.46. The first kappa shape index (κ1) is 10.9. The van der Waals surface area contributed by atoms with Crippen molar-refractivity contribution >= 4 is 9.84 Å². The highest BCUT2D eigenvalue weighted by Gasteiger charge is 2.27. The number of aliphatic hydroxyl groups is 2. The number of aliphatic hydroxyl groups excluding tert-OH is 2. The summed E-state index contributed by atoms with van der Waals surface area (Å²) in [6.45, 7) is 2.32. The molecule has 2 atom stereocenters. The number of sulfone groups is 1. The Kier molecular flexibility index (Phi) is 3.99. The lowest BCUT2D eigenvalue weighted by molar-refractivity contribution is 0.152. The van der Waals surface area contributed by atoms with E-state index in [-0.39, 0.29) is 5.75 Å². The summed E-state index contributed by atoms with van der Waals surface area (Å²) in [4.78, 5) is 0. The molecule has 4 nitrogen and oxygen atoms in total. The van der Waals surface area contributed by atoms with Crippen LogP contribution in [0.2, 0.25) is 0 Å². The first-order valence-corrected chi connectivity index (χ1v) is 5.17. The Morgan fingerprint density at radius 3 is 2.00 bits per heavy atom. The molecule has 0 unspecified atom stereocenters. The highest BCUT2D eigenvalue weighted by atomic mass is 32.2. The van der Waals surface area contributed by atoms with E-state index in [1.165, 1.54) is 13.8 Å². The molecule has 0 aliphatic rings. The van der Waals surface area contributed by atoms with Gasteiger partial charge in [-0.05, 0) is 6.92 Å². The molecule has 0 aliphatic carbocycles. The number of hydrogen-bond donors (Lipinski definition) is 2. The van der Waals surface area contributed by atoms with Gasteiger partial charge >= 0.3 is 0 Å². The Morgan fingerprint density at radius 1 is 1.45 bits per heavy atom. The Hall–Kier alpha value is -0.130. The van der Waals surface area contributed by atoms with Crippen molar-refractivity contribution in [3.63, 3.8) is 0 Å². The van der Waals surface area contributed by atoms with Gasteiger partial charge in [-0.25, -0.2) is 8.42 Å². The van der Waals surface area contributed by atoms with Crippen LogP contribution in [0.3, 0.4) is 0 Å². The van der Waals surface area contributed by atoms with Gasteiger partial charge in [0.1, 0.15) is 5.25 Å². The average Bonchev–Trinajstić information content (AvgIpc) is 1.88.